The Morgan fingerprint density at radius 1 is 1.26 bits per heavy atom. The number of aromatic amines is 1. The monoisotopic (exact) mass is 392 g/mol. The summed E-state index contributed by atoms with van der Waals surface area (Å²) in [7, 11) is 0. The fourth-order valence-corrected chi connectivity index (χ4v) is 3.14. The van der Waals surface area contributed by atoms with Gasteiger partial charge in [-0.3, -0.25) is 19.1 Å². The number of hydrogen-bond donors (Lipinski definition) is 2. The number of carbonyl (C=O) groups is 1. The number of carbonyl (C=O) groups excluding carboxylic acids is 1. The average Bonchev–Trinajstić information content (AvgIpc) is 2.64. The molecule has 27 heavy (non-hydrogen) atoms. The minimum atomic E-state index is -0.654. The second-order valence-electron chi connectivity index (χ2n) is 6.23. The molecule has 0 saturated carbocycles. The van der Waals surface area contributed by atoms with E-state index in [9.17, 15) is 14.4 Å². The lowest BCUT2D eigenvalue weighted by Crippen LogP contribution is -2.41. The maximum atomic E-state index is 12.8. The van der Waals surface area contributed by atoms with Gasteiger partial charge in [0, 0.05) is 24.5 Å². The maximum absolute atomic E-state index is 12.8. The zero-order chi connectivity index (χ0) is 20.0. The van der Waals surface area contributed by atoms with Crippen molar-refractivity contribution in [1.82, 2.24) is 9.55 Å². The Bertz CT molecular complexity index is 920. The first-order chi connectivity index (χ1) is 12.9. The number of amides is 1. The number of rotatable bonds is 8. The zero-order valence-electron chi connectivity index (χ0n) is 15.6. The number of H-pyrrole nitrogens is 1. The van der Waals surface area contributed by atoms with Gasteiger partial charge < -0.3 is 10.6 Å². The van der Waals surface area contributed by atoms with Crippen molar-refractivity contribution >= 4 is 29.0 Å². The Morgan fingerprint density at radius 2 is 1.96 bits per heavy atom. The molecule has 8 heteroatoms. The molecular formula is C19H25ClN4O3. The molecule has 146 valence electrons. The molecule has 0 saturated heterocycles. The number of nitrogens with zero attached hydrogens (tertiary/aromatic N) is 2. The van der Waals surface area contributed by atoms with Gasteiger partial charge in [-0.15, -0.1) is 0 Å². The molecule has 0 unspecified atom stereocenters. The van der Waals surface area contributed by atoms with E-state index in [1.807, 2.05) is 25.1 Å². The quantitative estimate of drug-likeness (QED) is 0.720. The third-order valence-electron chi connectivity index (χ3n) is 4.40. The molecule has 0 atom stereocenters. The van der Waals surface area contributed by atoms with E-state index in [0.29, 0.717) is 18.0 Å². The predicted molar refractivity (Wildman–Crippen MR) is 108 cm³/mol. The van der Waals surface area contributed by atoms with Crippen LogP contribution >= 0.6 is 11.6 Å². The molecule has 2 rings (SSSR count). The molecule has 0 aliphatic carbocycles. The van der Waals surface area contributed by atoms with Gasteiger partial charge in [0.2, 0.25) is 5.91 Å². The van der Waals surface area contributed by atoms with Crippen LogP contribution < -0.4 is 21.9 Å². The van der Waals surface area contributed by atoms with Crippen molar-refractivity contribution in [3.8, 4) is 0 Å². The van der Waals surface area contributed by atoms with Gasteiger partial charge in [-0.05, 0) is 31.4 Å². The van der Waals surface area contributed by atoms with Crippen molar-refractivity contribution in [1.29, 1.82) is 0 Å². The van der Waals surface area contributed by atoms with Crippen LogP contribution in [0.5, 0.6) is 0 Å². The summed E-state index contributed by atoms with van der Waals surface area (Å²) >= 11 is 6.14. The van der Waals surface area contributed by atoms with Gasteiger partial charge in [-0.1, -0.05) is 43.1 Å². The van der Waals surface area contributed by atoms with Gasteiger partial charge in [-0.25, -0.2) is 4.79 Å². The van der Waals surface area contributed by atoms with Crippen molar-refractivity contribution < 1.29 is 4.79 Å². The van der Waals surface area contributed by atoms with E-state index in [0.717, 1.165) is 18.4 Å². The number of hydrogen-bond acceptors (Lipinski definition) is 4. The number of unbranched alkanes of at least 4 members (excludes halogenated alkanes) is 1. The zero-order valence-corrected chi connectivity index (χ0v) is 16.4. The maximum Gasteiger partial charge on any atom is 0.330 e. The third-order valence-corrected chi connectivity index (χ3v) is 4.77. The molecule has 2 aromatic rings. The SMILES string of the molecule is CCCCn1c(N)c(N(CC)C(=O)CCc2ccccc2Cl)c(=O)[nH]c1=O. The molecule has 1 heterocycles. The number of anilines is 2. The Morgan fingerprint density at radius 3 is 2.59 bits per heavy atom. The van der Waals surface area contributed by atoms with Crippen molar-refractivity contribution in [2.75, 3.05) is 17.2 Å². The summed E-state index contributed by atoms with van der Waals surface area (Å²) in [6.45, 7) is 4.40. The van der Waals surface area contributed by atoms with Gasteiger partial charge in [0.15, 0.2) is 5.69 Å². The van der Waals surface area contributed by atoms with Gasteiger partial charge in [0.1, 0.15) is 5.82 Å². The van der Waals surface area contributed by atoms with Gasteiger partial charge in [-0.2, -0.15) is 0 Å². The largest absolute Gasteiger partial charge is 0.383 e. The van der Waals surface area contributed by atoms with Crippen molar-refractivity contribution in [2.24, 2.45) is 0 Å². The smallest absolute Gasteiger partial charge is 0.330 e. The van der Waals surface area contributed by atoms with Crippen LogP contribution in [-0.2, 0) is 17.8 Å². The molecule has 0 fully saturated rings. The number of halogens is 1. The minimum absolute atomic E-state index is 0.0187. The molecule has 1 amide bonds. The third kappa shape index (κ3) is 4.80. The minimum Gasteiger partial charge on any atom is -0.383 e. The van der Waals surface area contributed by atoms with Crippen LogP contribution in [0, 0.1) is 0 Å². The van der Waals surface area contributed by atoms with Crippen LogP contribution in [0.2, 0.25) is 5.02 Å². The summed E-state index contributed by atoms with van der Waals surface area (Å²) in [4.78, 5) is 40.8. The number of nitrogens with two attached hydrogens (primary N) is 1. The Labute approximate surface area is 162 Å². The lowest BCUT2D eigenvalue weighted by atomic mass is 10.1. The summed E-state index contributed by atoms with van der Waals surface area (Å²) in [5.74, 6) is -0.236. The van der Waals surface area contributed by atoms with E-state index < -0.39 is 11.2 Å². The van der Waals surface area contributed by atoms with Crippen LogP contribution in [0.4, 0.5) is 11.5 Å². The topological polar surface area (TPSA) is 101 Å². The Balaban J connectivity index is 2.30. The summed E-state index contributed by atoms with van der Waals surface area (Å²) in [6, 6.07) is 7.31. The van der Waals surface area contributed by atoms with Crippen molar-refractivity contribution in [3.05, 3.63) is 55.7 Å². The fourth-order valence-electron chi connectivity index (χ4n) is 2.91. The van der Waals surface area contributed by atoms with E-state index in [2.05, 4.69) is 4.98 Å². The molecule has 0 aliphatic heterocycles. The van der Waals surface area contributed by atoms with Gasteiger partial charge in [0.25, 0.3) is 5.56 Å². The highest BCUT2D eigenvalue weighted by molar-refractivity contribution is 6.31. The van der Waals surface area contributed by atoms with Crippen LogP contribution in [0.3, 0.4) is 0 Å². The number of aryl methyl sites for hydroxylation is 1. The summed E-state index contributed by atoms with van der Waals surface area (Å²) in [6.07, 6.45) is 2.23. The Hall–Kier alpha value is -2.54. The standard InChI is InChI=1S/C19H25ClN4O3/c1-3-5-12-24-17(21)16(18(26)22-19(24)27)23(4-2)15(25)11-10-13-8-6-7-9-14(13)20/h6-9H,3-5,10-12,21H2,1-2H3,(H,22,26,27). The van der Waals surface area contributed by atoms with Crippen molar-refractivity contribution in [2.45, 2.75) is 46.1 Å². The molecule has 0 spiro atoms. The first-order valence-electron chi connectivity index (χ1n) is 9.07. The molecule has 0 aliphatic rings. The number of nitrogens with one attached hydrogen (secondary N) is 1. The molecule has 3 N–H and O–H groups in total. The first-order valence-corrected chi connectivity index (χ1v) is 9.44. The van der Waals surface area contributed by atoms with E-state index in [1.54, 1.807) is 13.0 Å². The fraction of sp³-hybridized carbons (Fsp3) is 0.421. The molecule has 0 radical (unpaired) electrons. The molecular weight excluding hydrogens is 368 g/mol. The van der Waals surface area contributed by atoms with Crippen LogP contribution in [0.25, 0.3) is 0 Å². The first kappa shape index (κ1) is 20.8. The number of nitrogen functional groups attached to an aromatic ring is 1. The van der Waals surface area contributed by atoms with Crippen LogP contribution in [0.1, 0.15) is 38.7 Å². The summed E-state index contributed by atoms with van der Waals surface area (Å²) < 4.78 is 1.31. The van der Waals surface area contributed by atoms with Crippen LogP contribution in [0.15, 0.2) is 33.9 Å². The lowest BCUT2D eigenvalue weighted by Gasteiger charge is -2.23. The normalized spacial score (nSPS) is 10.8. The second-order valence-corrected chi connectivity index (χ2v) is 6.63. The molecule has 7 nitrogen and oxygen atoms in total. The predicted octanol–water partition coefficient (Wildman–Crippen LogP) is 2.56. The number of benzene rings is 1. The van der Waals surface area contributed by atoms with E-state index >= 15 is 0 Å². The summed E-state index contributed by atoms with van der Waals surface area (Å²) in [5, 5.41) is 0.596. The highest BCUT2D eigenvalue weighted by Gasteiger charge is 2.22. The average molecular weight is 393 g/mol. The van der Waals surface area contributed by atoms with E-state index in [4.69, 9.17) is 17.3 Å². The molecule has 1 aromatic carbocycles. The number of aromatic nitrogens is 2. The van der Waals surface area contributed by atoms with Gasteiger partial charge >= 0.3 is 5.69 Å². The molecule has 0 bridgehead atoms. The highest BCUT2D eigenvalue weighted by atomic mass is 35.5. The van der Waals surface area contributed by atoms with Crippen LogP contribution in [-0.4, -0.2) is 22.0 Å². The summed E-state index contributed by atoms with van der Waals surface area (Å²) in [5.41, 5.74) is 5.77. The van der Waals surface area contributed by atoms with E-state index in [1.165, 1.54) is 9.47 Å². The molecule has 1 aromatic heterocycles. The lowest BCUT2D eigenvalue weighted by molar-refractivity contribution is -0.118. The second kappa shape index (κ2) is 9.41. The Kier molecular flexibility index (Phi) is 7.24. The highest BCUT2D eigenvalue weighted by Crippen LogP contribution is 2.20. The van der Waals surface area contributed by atoms with Gasteiger partial charge in [0.05, 0.1) is 0 Å². The van der Waals surface area contributed by atoms with Crippen molar-refractivity contribution in [3.63, 3.8) is 0 Å². The van der Waals surface area contributed by atoms with E-state index in [-0.39, 0.29) is 30.4 Å².